The van der Waals surface area contributed by atoms with Crippen LogP contribution < -0.4 is 10.2 Å². The van der Waals surface area contributed by atoms with Crippen molar-refractivity contribution in [3.8, 4) is 6.07 Å². The van der Waals surface area contributed by atoms with Crippen LogP contribution in [-0.4, -0.2) is 59.2 Å². The van der Waals surface area contributed by atoms with Crippen molar-refractivity contribution in [3.63, 3.8) is 0 Å². The first-order valence-electron chi connectivity index (χ1n) is 12.6. The van der Waals surface area contributed by atoms with E-state index < -0.39 is 0 Å². The van der Waals surface area contributed by atoms with E-state index in [4.69, 9.17) is 21.3 Å². The summed E-state index contributed by atoms with van der Waals surface area (Å²) in [6.45, 7) is 2.83. The molecule has 0 unspecified atom stereocenters. The average Bonchev–Trinajstić information content (AvgIpc) is 3.74. The van der Waals surface area contributed by atoms with Gasteiger partial charge in [-0.15, -0.1) is 0 Å². The van der Waals surface area contributed by atoms with Gasteiger partial charge in [-0.2, -0.15) is 5.26 Å². The molecule has 2 atom stereocenters. The van der Waals surface area contributed by atoms with Gasteiger partial charge in [0.2, 0.25) is 5.91 Å². The Morgan fingerprint density at radius 2 is 2.06 bits per heavy atom. The normalized spacial score (nSPS) is 24.0. The maximum Gasteiger partial charge on any atom is 0.225 e. The van der Waals surface area contributed by atoms with Crippen molar-refractivity contribution in [1.82, 2.24) is 14.9 Å². The van der Waals surface area contributed by atoms with Crippen molar-refractivity contribution in [1.29, 1.82) is 5.26 Å². The summed E-state index contributed by atoms with van der Waals surface area (Å²) in [5.74, 6) is 1.88. The van der Waals surface area contributed by atoms with E-state index in [0.717, 1.165) is 68.1 Å². The number of carbonyl (C=O) groups excluding carboxylic acids is 1. The zero-order chi connectivity index (χ0) is 23.9. The van der Waals surface area contributed by atoms with Crippen molar-refractivity contribution in [2.24, 2.45) is 5.92 Å². The largest absolute Gasteiger partial charge is 0.377 e. The SMILES string of the molecule is N#Cc1cc(Nc2ccnc(Cl)c2)c(C2CC2)nc1N1CCN(C(=O)C[C@H]2CCO2)[C@H](C2CC2)C1. The molecule has 0 bridgehead atoms. The number of ether oxygens (including phenoxy) is 1. The van der Waals surface area contributed by atoms with E-state index in [2.05, 4.69) is 26.2 Å². The number of hydrogen-bond donors (Lipinski definition) is 1. The highest BCUT2D eigenvalue weighted by Gasteiger charge is 2.42. The number of anilines is 3. The van der Waals surface area contributed by atoms with Crippen molar-refractivity contribution >= 4 is 34.7 Å². The summed E-state index contributed by atoms with van der Waals surface area (Å²) in [5.41, 5.74) is 3.22. The predicted molar refractivity (Wildman–Crippen MR) is 133 cm³/mol. The zero-order valence-corrected chi connectivity index (χ0v) is 20.4. The Morgan fingerprint density at radius 1 is 1.23 bits per heavy atom. The highest BCUT2D eigenvalue weighted by atomic mass is 35.5. The van der Waals surface area contributed by atoms with Crippen LogP contribution in [0.15, 0.2) is 24.4 Å². The molecule has 2 saturated heterocycles. The molecule has 2 aromatic rings. The lowest BCUT2D eigenvalue weighted by Crippen LogP contribution is -2.57. The second-order valence-corrected chi connectivity index (χ2v) is 10.5. The number of nitriles is 1. The highest BCUT2D eigenvalue weighted by molar-refractivity contribution is 6.29. The van der Waals surface area contributed by atoms with Gasteiger partial charge in [-0.3, -0.25) is 4.79 Å². The second-order valence-electron chi connectivity index (χ2n) is 10.1. The lowest BCUT2D eigenvalue weighted by molar-refractivity contribution is -0.142. The second kappa shape index (κ2) is 9.29. The molecule has 2 aliphatic carbocycles. The fraction of sp³-hybridized carbons (Fsp3) is 0.538. The summed E-state index contributed by atoms with van der Waals surface area (Å²) in [6.07, 6.45) is 7.71. The number of rotatable bonds is 7. The maximum atomic E-state index is 13.0. The van der Waals surface area contributed by atoms with E-state index in [1.165, 1.54) is 0 Å². The van der Waals surface area contributed by atoms with Gasteiger partial charge in [0.1, 0.15) is 17.0 Å². The monoisotopic (exact) mass is 492 g/mol. The first-order valence-corrected chi connectivity index (χ1v) is 13.0. The van der Waals surface area contributed by atoms with Gasteiger partial charge in [0.25, 0.3) is 0 Å². The van der Waals surface area contributed by atoms with Crippen molar-refractivity contribution < 1.29 is 9.53 Å². The topological polar surface area (TPSA) is 94.4 Å². The van der Waals surface area contributed by atoms with Crippen molar-refractivity contribution in [2.45, 2.75) is 56.6 Å². The standard InChI is InChI=1S/C26H29ClN6O2/c27-23-12-19(5-7-29-23)30-21-11-18(14-28)26(31-25(21)17-3-4-17)32-8-9-33(22(15-32)16-1-2-16)24(34)13-20-6-10-35-20/h5,7,11-12,16-17,20,22H,1-4,6,8-10,13,15H2,(H,29,30)/t20-,22+/m1/s1. The van der Waals surface area contributed by atoms with E-state index in [-0.39, 0.29) is 18.1 Å². The molecule has 35 heavy (non-hydrogen) atoms. The summed E-state index contributed by atoms with van der Waals surface area (Å²) >= 11 is 6.07. The Kier molecular flexibility index (Phi) is 5.99. The van der Waals surface area contributed by atoms with E-state index >= 15 is 0 Å². The number of piperazine rings is 1. The Balaban J connectivity index is 1.26. The molecule has 182 valence electrons. The molecule has 1 amide bonds. The van der Waals surface area contributed by atoms with Crippen LogP contribution in [0.5, 0.6) is 0 Å². The summed E-state index contributed by atoms with van der Waals surface area (Å²) in [6, 6.07) is 8.08. The molecule has 0 radical (unpaired) electrons. The number of halogens is 1. The molecule has 0 spiro atoms. The number of carbonyl (C=O) groups is 1. The molecule has 4 heterocycles. The van der Waals surface area contributed by atoms with E-state index in [0.29, 0.717) is 42.1 Å². The summed E-state index contributed by atoms with van der Waals surface area (Å²) in [7, 11) is 0. The zero-order valence-electron chi connectivity index (χ0n) is 19.6. The lowest BCUT2D eigenvalue weighted by atomic mass is 10.0. The summed E-state index contributed by atoms with van der Waals surface area (Å²) < 4.78 is 5.51. The van der Waals surface area contributed by atoms with Crippen LogP contribution in [0.4, 0.5) is 17.2 Å². The molecule has 9 heteroatoms. The lowest BCUT2D eigenvalue weighted by Gasteiger charge is -2.43. The third-order valence-electron chi connectivity index (χ3n) is 7.52. The molecule has 6 rings (SSSR count). The summed E-state index contributed by atoms with van der Waals surface area (Å²) in [4.78, 5) is 26.5. The van der Waals surface area contributed by atoms with Gasteiger partial charge >= 0.3 is 0 Å². The Hall–Kier alpha value is -2.89. The third-order valence-corrected chi connectivity index (χ3v) is 7.73. The van der Waals surface area contributed by atoms with Crippen LogP contribution in [0.25, 0.3) is 0 Å². The molecule has 2 aliphatic heterocycles. The Morgan fingerprint density at radius 3 is 2.71 bits per heavy atom. The fourth-order valence-electron chi connectivity index (χ4n) is 5.20. The number of pyridine rings is 2. The van der Waals surface area contributed by atoms with E-state index in [9.17, 15) is 10.1 Å². The molecule has 4 aliphatic rings. The molecule has 8 nitrogen and oxygen atoms in total. The molecular formula is C26H29ClN6O2. The number of nitrogens with zero attached hydrogens (tertiary/aromatic N) is 5. The molecule has 1 N–H and O–H groups in total. The number of aromatic nitrogens is 2. The van der Waals surface area contributed by atoms with Gasteiger partial charge in [-0.25, -0.2) is 9.97 Å². The van der Waals surface area contributed by atoms with Crippen LogP contribution in [-0.2, 0) is 9.53 Å². The van der Waals surface area contributed by atoms with Gasteiger partial charge in [0.15, 0.2) is 0 Å². The minimum Gasteiger partial charge on any atom is -0.377 e. The van der Waals surface area contributed by atoms with Crippen LogP contribution in [0.1, 0.15) is 55.7 Å². The first kappa shape index (κ1) is 22.6. The van der Waals surface area contributed by atoms with Crippen LogP contribution in [0.3, 0.4) is 0 Å². The van der Waals surface area contributed by atoms with Gasteiger partial charge < -0.3 is 19.9 Å². The molecule has 0 aromatic carbocycles. The van der Waals surface area contributed by atoms with Gasteiger partial charge in [0, 0.05) is 44.0 Å². The van der Waals surface area contributed by atoms with E-state index in [1.807, 2.05) is 12.1 Å². The first-order chi connectivity index (χ1) is 17.1. The number of amides is 1. The smallest absolute Gasteiger partial charge is 0.225 e. The summed E-state index contributed by atoms with van der Waals surface area (Å²) in [5, 5.41) is 13.9. The molecule has 2 aromatic heterocycles. The van der Waals surface area contributed by atoms with Gasteiger partial charge in [-0.05, 0) is 56.2 Å². The molecule has 2 saturated carbocycles. The predicted octanol–water partition coefficient (Wildman–Crippen LogP) is 4.23. The van der Waals surface area contributed by atoms with Crippen molar-refractivity contribution in [2.75, 3.05) is 36.5 Å². The third kappa shape index (κ3) is 4.80. The average molecular weight is 493 g/mol. The van der Waals surface area contributed by atoms with Crippen molar-refractivity contribution in [3.05, 3.63) is 40.8 Å². The molecule has 4 fully saturated rings. The maximum absolute atomic E-state index is 13.0. The number of hydrogen-bond acceptors (Lipinski definition) is 7. The van der Waals surface area contributed by atoms with E-state index in [1.54, 1.807) is 12.3 Å². The van der Waals surface area contributed by atoms with Gasteiger partial charge in [-0.1, -0.05) is 11.6 Å². The van der Waals surface area contributed by atoms with Gasteiger partial charge in [0.05, 0.1) is 35.5 Å². The van der Waals surface area contributed by atoms with Crippen LogP contribution in [0.2, 0.25) is 5.15 Å². The minimum atomic E-state index is 0.0867. The Bertz CT molecular complexity index is 1170. The molecular weight excluding hydrogens is 464 g/mol. The number of nitrogens with one attached hydrogen (secondary N) is 1. The minimum absolute atomic E-state index is 0.0867. The highest BCUT2D eigenvalue weighted by Crippen LogP contribution is 2.45. The van der Waals surface area contributed by atoms with Crippen LogP contribution >= 0.6 is 11.6 Å². The van der Waals surface area contributed by atoms with Crippen LogP contribution in [0, 0.1) is 17.2 Å². The quantitative estimate of drug-likeness (QED) is 0.578. The fourth-order valence-corrected chi connectivity index (χ4v) is 5.37. The Labute approximate surface area is 210 Å².